The summed E-state index contributed by atoms with van der Waals surface area (Å²) in [4.78, 5) is 11.7. The number of nitrogens with zero attached hydrogens (tertiary/aromatic N) is 1. The summed E-state index contributed by atoms with van der Waals surface area (Å²) < 4.78 is 6.73. The van der Waals surface area contributed by atoms with E-state index >= 15 is 0 Å². The second kappa shape index (κ2) is 8.80. The van der Waals surface area contributed by atoms with Gasteiger partial charge in [-0.1, -0.05) is 27.2 Å². The van der Waals surface area contributed by atoms with E-state index in [1.165, 1.54) is 6.42 Å². The summed E-state index contributed by atoms with van der Waals surface area (Å²) in [5.74, 6) is 0.715. The van der Waals surface area contributed by atoms with E-state index in [4.69, 9.17) is 4.74 Å². The van der Waals surface area contributed by atoms with Gasteiger partial charge >= 0.3 is 0 Å². The number of hydrogen-bond donors (Lipinski definition) is 1. The van der Waals surface area contributed by atoms with Gasteiger partial charge in [-0.2, -0.15) is 0 Å². The number of hydrogen-bond acceptors (Lipinski definition) is 3. The summed E-state index contributed by atoms with van der Waals surface area (Å²) in [5, 5.41) is 3.54. The first-order chi connectivity index (χ1) is 9.60. The van der Waals surface area contributed by atoms with E-state index in [2.05, 4.69) is 26.1 Å². The standard InChI is InChI=1S/C16H28N2O2/c1-5-13(3)11-14(6-2)17-15-7-8-16(19)18(12-15)9-10-20-4/h7-8,12-14,17H,5-6,9-11H2,1-4H3. The van der Waals surface area contributed by atoms with Gasteiger partial charge in [0.1, 0.15) is 0 Å². The first-order valence-corrected chi connectivity index (χ1v) is 7.56. The van der Waals surface area contributed by atoms with Crippen LogP contribution in [0.25, 0.3) is 0 Å². The predicted molar refractivity (Wildman–Crippen MR) is 84.4 cm³/mol. The molecule has 1 N–H and O–H groups in total. The van der Waals surface area contributed by atoms with Gasteiger partial charge in [-0.25, -0.2) is 0 Å². The van der Waals surface area contributed by atoms with Crippen molar-refractivity contribution >= 4 is 5.69 Å². The minimum Gasteiger partial charge on any atom is -0.383 e. The molecule has 2 unspecified atom stereocenters. The van der Waals surface area contributed by atoms with Crippen molar-refractivity contribution in [3.63, 3.8) is 0 Å². The molecule has 1 aromatic rings. The molecule has 4 nitrogen and oxygen atoms in total. The smallest absolute Gasteiger partial charge is 0.250 e. The fourth-order valence-electron chi connectivity index (χ4n) is 2.20. The quantitative estimate of drug-likeness (QED) is 0.756. The molecule has 0 aliphatic rings. The predicted octanol–water partition coefficient (Wildman–Crippen LogP) is 3.12. The largest absolute Gasteiger partial charge is 0.383 e. The molecule has 20 heavy (non-hydrogen) atoms. The van der Waals surface area contributed by atoms with Gasteiger partial charge in [0.2, 0.25) is 0 Å². The molecule has 1 rings (SSSR count). The number of nitrogens with one attached hydrogen (secondary N) is 1. The summed E-state index contributed by atoms with van der Waals surface area (Å²) in [6, 6.07) is 3.94. The molecule has 0 aliphatic carbocycles. The van der Waals surface area contributed by atoms with Crippen molar-refractivity contribution in [1.29, 1.82) is 0 Å². The van der Waals surface area contributed by atoms with Crippen molar-refractivity contribution < 1.29 is 4.74 Å². The minimum atomic E-state index is 0.0163. The van der Waals surface area contributed by atoms with Crippen LogP contribution in [0.1, 0.15) is 40.0 Å². The third-order valence-electron chi connectivity index (χ3n) is 3.77. The molecule has 0 spiro atoms. The third kappa shape index (κ3) is 5.37. The SMILES string of the molecule is CCC(C)CC(CC)Nc1ccc(=O)n(CCOC)c1. The highest BCUT2D eigenvalue weighted by atomic mass is 16.5. The monoisotopic (exact) mass is 280 g/mol. The Morgan fingerprint density at radius 3 is 2.65 bits per heavy atom. The van der Waals surface area contributed by atoms with Crippen LogP contribution in [0.4, 0.5) is 5.69 Å². The van der Waals surface area contributed by atoms with E-state index in [9.17, 15) is 4.79 Å². The maximum atomic E-state index is 11.7. The highest BCUT2D eigenvalue weighted by Crippen LogP contribution is 2.16. The van der Waals surface area contributed by atoms with Crippen molar-refractivity contribution in [2.75, 3.05) is 19.0 Å². The Balaban J connectivity index is 2.72. The molecule has 0 saturated heterocycles. The zero-order valence-corrected chi connectivity index (χ0v) is 13.2. The van der Waals surface area contributed by atoms with Gasteiger partial charge in [0, 0.05) is 32.0 Å². The highest BCUT2D eigenvalue weighted by Gasteiger charge is 2.10. The zero-order valence-electron chi connectivity index (χ0n) is 13.2. The highest BCUT2D eigenvalue weighted by molar-refractivity contribution is 5.41. The summed E-state index contributed by atoms with van der Waals surface area (Å²) in [5.41, 5.74) is 1.03. The lowest BCUT2D eigenvalue weighted by Gasteiger charge is -2.22. The Bertz CT molecular complexity index is 442. The third-order valence-corrected chi connectivity index (χ3v) is 3.77. The number of aromatic nitrogens is 1. The van der Waals surface area contributed by atoms with Crippen molar-refractivity contribution in [2.24, 2.45) is 5.92 Å². The molecule has 1 aromatic heterocycles. The van der Waals surface area contributed by atoms with Gasteiger partial charge in [-0.05, 0) is 24.8 Å². The molecular formula is C16H28N2O2. The lowest BCUT2D eigenvalue weighted by atomic mass is 9.97. The lowest BCUT2D eigenvalue weighted by molar-refractivity contribution is 0.186. The van der Waals surface area contributed by atoms with E-state index in [0.717, 1.165) is 18.5 Å². The Hall–Kier alpha value is -1.29. The second-order valence-electron chi connectivity index (χ2n) is 5.44. The number of methoxy groups -OCH3 is 1. The van der Waals surface area contributed by atoms with Crippen LogP contribution >= 0.6 is 0 Å². The zero-order chi connectivity index (χ0) is 15.0. The molecule has 1 heterocycles. The normalized spacial score (nSPS) is 14.0. The molecule has 0 aromatic carbocycles. The summed E-state index contributed by atoms with van der Waals surface area (Å²) in [7, 11) is 1.65. The van der Waals surface area contributed by atoms with Gasteiger partial charge in [-0.15, -0.1) is 0 Å². The number of anilines is 1. The molecule has 2 atom stereocenters. The van der Waals surface area contributed by atoms with Gasteiger partial charge in [0.15, 0.2) is 0 Å². The average Bonchev–Trinajstić information content (AvgIpc) is 2.46. The van der Waals surface area contributed by atoms with Crippen LogP contribution in [0, 0.1) is 5.92 Å². The number of pyridine rings is 1. The maximum Gasteiger partial charge on any atom is 0.250 e. The minimum absolute atomic E-state index is 0.0163. The van der Waals surface area contributed by atoms with Gasteiger partial charge in [0.25, 0.3) is 5.56 Å². The van der Waals surface area contributed by atoms with Crippen LogP contribution in [0.15, 0.2) is 23.1 Å². The van der Waals surface area contributed by atoms with E-state index < -0.39 is 0 Å². The molecule has 0 radical (unpaired) electrons. The summed E-state index contributed by atoms with van der Waals surface area (Å²) >= 11 is 0. The number of ether oxygens (including phenoxy) is 1. The van der Waals surface area contributed by atoms with E-state index in [1.54, 1.807) is 17.7 Å². The van der Waals surface area contributed by atoms with E-state index in [0.29, 0.717) is 25.1 Å². The Labute approximate surface area is 122 Å². The van der Waals surface area contributed by atoms with Crippen LogP contribution < -0.4 is 10.9 Å². The number of rotatable bonds is 9. The van der Waals surface area contributed by atoms with Crippen molar-refractivity contribution in [2.45, 2.75) is 52.6 Å². The van der Waals surface area contributed by atoms with Crippen LogP contribution in [0.5, 0.6) is 0 Å². The van der Waals surface area contributed by atoms with Crippen molar-refractivity contribution in [3.05, 3.63) is 28.7 Å². The molecule has 0 bridgehead atoms. The fraction of sp³-hybridized carbons (Fsp3) is 0.688. The molecule has 4 heteroatoms. The molecule has 0 amide bonds. The summed E-state index contributed by atoms with van der Waals surface area (Å²) in [6.07, 6.45) is 5.33. The second-order valence-corrected chi connectivity index (χ2v) is 5.44. The Kier molecular flexibility index (Phi) is 7.37. The lowest BCUT2D eigenvalue weighted by Crippen LogP contribution is -2.25. The first-order valence-electron chi connectivity index (χ1n) is 7.56. The molecule has 0 aliphatic heterocycles. The fourth-order valence-corrected chi connectivity index (χ4v) is 2.20. The van der Waals surface area contributed by atoms with Gasteiger partial charge in [0.05, 0.1) is 12.3 Å². The van der Waals surface area contributed by atoms with Crippen LogP contribution in [-0.2, 0) is 11.3 Å². The van der Waals surface area contributed by atoms with Crippen molar-refractivity contribution in [1.82, 2.24) is 4.57 Å². The van der Waals surface area contributed by atoms with Gasteiger partial charge < -0.3 is 14.6 Å². The maximum absolute atomic E-state index is 11.7. The topological polar surface area (TPSA) is 43.3 Å². The van der Waals surface area contributed by atoms with Crippen LogP contribution in [0.2, 0.25) is 0 Å². The molecule has 0 saturated carbocycles. The molecular weight excluding hydrogens is 252 g/mol. The van der Waals surface area contributed by atoms with E-state index in [-0.39, 0.29) is 5.56 Å². The van der Waals surface area contributed by atoms with Crippen LogP contribution in [0.3, 0.4) is 0 Å². The van der Waals surface area contributed by atoms with Gasteiger partial charge in [-0.3, -0.25) is 4.79 Å². The Morgan fingerprint density at radius 2 is 2.05 bits per heavy atom. The first kappa shape index (κ1) is 16.8. The molecule has 0 fully saturated rings. The van der Waals surface area contributed by atoms with Crippen LogP contribution in [-0.4, -0.2) is 24.3 Å². The van der Waals surface area contributed by atoms with E-state index in [1.807, 2.05) is 12.3 Å². The Morgan fingerprint density at radius 1 is 1.30 bits per heavy atom. The summed E-state index contributed by atoms with van der Waals surface area (Å²) in [6.45, 7) is 7.84. The molecule has 114 valence electrons. The average molecular weight is 280 g/mol. The van der Waals surface area contributed by atoms with Crippen molar-refractivity contribution in [3.8, 4) is 0 Å².